The number of nitrogens with one attached hydrogen (secondary N) is 1. The number of ether oxygens (including phenoxy) is 1. The van der Waals surface area contributed by atoms with Gasteiger partial charge in [0.05, 0.1) is 0 Å². The minimum atomic E-state index is 0.358. The topological polar surface area (TPSA) is 24.5 Å². The van der Waals surface area contributed by atoms with Crippen molar-refractivity contribution in [3.05, 3.63) is 29.3 Å². The van der Waals surface area contributed by atoms with Crippen LogP contribution in [0.15, 0.2) is 18.2 Å². The summed E-state index contributed by atoms with van der Waals surface area (Å²) < 4.78 is 6.15. The molecule has 1 atom stereocenters. The van der Waals surface area contributed by atoms with Gasteiger partial charge in [0.15, 0.2) is 0 Å². The molecule has 2 aliphatic rings. The van der Waals surface area contributed by atoms with Crippen LogP contribution in [0.4, 0.5) is 0 Å². The van der Waals surface area contributed by atoms with Crippen molar-refractivity contribution in [3.63, 3.8) is 0 Å². The minimum Gasteiger partial charge on any atom is -0.489 e. The Morgan fingerprint density at radius 2 is 2.21 bits per heavy atom. The third-order valence-electron chi connectivity index (χ3n) is 4.27. The van der Waals surface area contributed by atoms with E-state index in [0.29, 0.717) is 12.1 Å². The predicted octanol–water partition coefficient (Wildman–Crippen LogP) is 2.19. The molecular weight excluding hydrogens is 236 g/mol. The average Bonchev–Trinajstić information content (AvgIpc) is 2.87. The smallest absolute Gasteiger partial charge is 0.120 e. The quantitative estimate of drug-likeness (QED) is 0.901. The summed E-state index contributed by atoms with van der Waals surface area (Å²) >= 11 is 0. The number of rotatable bonds is 3. The molecule has 0 aliphatic carbocycles. The van der Waals surface area contributed by atoms with Gasteiger partial charge < -0.3 is 10.1 Å². The molecule has 1 N–H and O–H groups in total. The molecular formula is C16H24N2O. The normalized spacial score (nSPS) is 23.6. The zero-order valence-electron chi connectivity index (χ0n) is 12.0. The van der Waals surface area contributed by atoms with Crippen LogP contribution < -0.4 is 10.1 Å². The second-order valence-electron chi connectivity index (χ2n) is 5.97. The zero-order valence-corrected chi connectivity index (χ0v) is 12.0. The largest absolute Gasteiger partial charge is 0.489 e. The van der Waals surface area contributed by atoms with Gasteiger partial charge in [-0.2, -0.15) is 0 Å². The van der Waals surface area contributed by atoms with Crippen LogP contribution in [-0.2, 0) is 13.0 Å². The molecule has 0 amide bonds. The van der Waals surface area contributed by atoms with E-state index >= 15 is 0 Å². The maximum Gasteiger partial charge on any atom is 0.120 e. The number of likely N-dealkylation sites (tertiary alicyclic amines) is 1. The lowest BCUT2D eigenvalue weighted by Crippen LogP contribution is -2.30. The van der Waals surface area contributed by atoms with E-state index in [9.17, 15) is 0 Å². The molecule has 0 radical (unpaired) electrons. The van der Waals surface area contributed by atoms with Crippen molar-refractivity contribution >= 4 is 0 Å². The molecule has 104 valence electrons. The van der Waals surface area contributed by atoms with Crippen molar-refractivity contribution in [2.24, 2.45) is 0 Å². The van der Waals surface area contributed by atoms with E-state index in [1.165, 1.54) is 11.1 Å². The Kier molecular flexibility index (Phi) is 3.76. The van der Waals surface area contributed by atoms with E-state index in [1.807, 2.05) is 0 Å². The highest BCUT2D eigenvalue weighted by Gasteiger charge is 2.25. The summed E-state index contributed by atoms with van der Waals surface area (Å²) in [6, 6.07) is 7.23. The van der Waals surface area contributed by atoms with Gasteiger partial charge in [-0.3, -0.25) is 4.90 Å². The summed E-state index contributed by atoms with van der Waals surface area (Å²) in [5.74, 6) is 1.04. The Morgan fingerprint density at radius 3 is 3.00 bits per heavy atom. The third-order valence-corrected chi connectivity index (χ3v) is 4.27. The molecule has 1 aromatic carbocycles. The predicted molar refractivity (Wildman–Crippen MR) is 77.6 cm³/mol. The monoisotopic (exact) mass is 260 g/mol. The maximum atomic E-state index is 6.15. The molecule has 2 heterocycles. The molecule has 0 spiro atoms. The maximum absolute atomic E-state index is 6.15. The summed E-state index contributed by atoms with van der Waals surface area (Å²) in [6.45, 7) is 8.82. The summed E-state index contributed by atoms with van der Waals surface area (Å²) in [7, 11) is 0. The highest BCUT2D eigenvalue weighted by molar-refractivity contribution is 5.37. The number of benzene rings is 1. The van der Waals surface area contributed by atoms with Crippen LogP contribution in [0.25, 0.3) is 0 Å². The van der Waals surface area contributed by atoms with Gasteiger partial charge in [0, 0.05) is 25.7 Å². The fourth-order valence-corrected chi connectivity index (χ4v) is 3.04. The second kappa shape index (κ2) is 5.51. The molecule has 0 saturated carbocycles. The molecule has 1 aromatic rings. The van der Waals surface area contributed by atoms with Crippen LogP contribution in [0, 0.1) is 0 Å². The average molecular weight is 260 g/mol. The van der Waals surface area contributed by atoms with Crippen molar-refractivity contribution in [2.45, 2.75) is 45.4 Å². The van der Waals surface area contributed by atoms with Gasteiger partial charge in [-0.15, -0.1) is 0 Å². The molecule has 19 heavy (non-hydrogen) atoms. The van der Waals surface area contributed by atoms with Crippen molar-refractivity contribution in [2.75, 3.05) is 19.6 Å². The molecule has 1 unspecified atom stereocenters. The third kappa shape index (κ3) is 2.93. The number of nitrogens with zero attached hydrogens (tertiary/aromatic N) is 1. The van der Waals surface area contributed by atoms with Gasteiger partial charge >= 0.3 is 0 Å². The number of fused-ring (bicyclic) bond motifs is 1. The Labute approximate surface area is 115 Å². The van der Waals surface area contributed by atoms with Crippen LogP contribution in [-0.4, -0.2) is 36.7 Å². The zero-order chi connectivity index (χ0) is 13.2. The van der Waals surface area contributed by atoms with E-state index in [-0.39, 0.29) is 0 Å². The molecule has 3 rings (SSSR count). The van der Waals surface area contributed by atoms with Crippen LogP contribution in [0.1, 0.15) is 31.4 Å². The molecule has 3 nitrogen and oxygen atoms in total. The molecule has 1 saturated heterocycles. The van der Waals surface area contributed by atoms with Crippen LogP contribution >= 0.6 is 0 Å². The number of hydrogen-bond acceptors (Lipinski definition) is 3. The van der Waals surface area contributed by atoms with E-state index in [4.69, 9.17) is 4.74 Å². The van der Waals surface area contributed by atoms with Crippen LogP contribution in [0.3, 0.4) is 0 Å². The van der Waals surface area contributed by atoms with Gasteiger partial charge in [0.1, 0.15) is 11.9 Å². The highest BCUT2D eigenvalue weighted by atomic mass is 16.5. The molecule has 2 aliphatic heterocycles. The van der Waals surface area contributed by atoms with Crippen LogP contribution in [0.2, 0.25) is 0 Å². The van der Waals surface area contributed by atoms with E-state index in [2.05, 4.69) is 42.3 Å². The highest BCUT2D eigenvalue weighted by Crippen LogP contribution is 2.24. The van der Waals surface area contributed by atoms with Gasteiger partial charge in [-0.05, 0) is 56.5 Å². The SMILES string of the molecule is CC(C)N1CCC(Oc2ccc3c(c2)CNCC3)C1. The summed E-state index contributed by atoms with van der Waals surface area (Å²) in [4.78, 5) is 2.49. The first-order chi connectivity index (χ1) is 9.22. The Morgan fingerprint density at radius 1 is 1.32 bits per heavy atom. The first kappa shape index (κ1) is 12.9. The van der Waals surface area contributed by atoms with E-state index in [0.717, 1.165) is 44.8 Å². The van der Waals surface area contributed by atoms with Gasteiger partial charge in [0.2, 0.25) is 0 Å². The van der Waals surface area contributed by atoms with Crippen molar-refractivity contribution in [1.82, 2.24) is 10.2 Å². The molecule has 0 bridgehead atoms. The lowest BCUT2D eigenvalue weighted by Gasteiger charge is -2.21. The Hall–Kier alpha value is -1.06. The van der Waals surface area contributed by atoms with Gasteiger partial charge in [0.25, 0.3) is 0 Å². The number of hydrogen-bond donors (Lipinski definition) is 1. The van der Waals surface area contributed by atoms with Crippen molar-refractivity contribution < 1.29 is 4.74 Å². The molecule has 3 heteroatoms. The van der Waals surface area contributed by atoms with E-state index < -0.39 is 0 Å². The lowest BCUT2D eigenvalue weighted by molar-refractivity contribution is 0.187. The first-order valence-electron chi connectivity index (χ1n) is 7.45. The molecule has 0 aromatic heterocycles. The van der Waals surface area contributed by atoms with Gasteiger partial charge in [-0.1, -0.05) is 6.07 Å². The summed E-state index contributed by atoms with van der Waals surface area (Å²) in [5, 5.41) is 3.42. The Bertz CT molecular complexity index is 444. The fourth-order valence-electron chi connectivity index (χ4n) is 3.04. The first-order valence-corrected chi connectivity index (χ1v) is 7.45. The second-order valence-corrected chi connectivity index (χ2v) is 5.97. The summed E-state index contributed by atoms with van der Waals surface area (Å²) in [5.41, 5.74) is 2.88. The van der Waals surface area contributed by atoms with Crippen molar-refractivity contribution in [1.29, 1.82) is 0 Å². The van der Waals surface area contributed by atoms with Gasteiger partial charge in [-0.25, -0.2) is 0 Å². The van der Waals surface area contributed by atoms with E-state index in [1.54, 1.807) is 0 Å². The van der Waals surface area contributed by atoms with Crippen LogP contribution in [0.5, 0.6) is 5.75 Å². The standard InChI is InChI=1S/C16H24N2O/c1-12(2)18-8-6-16(11-18)19-15-4-3-13-5-7-17-10-14(13)9-15/h3-4,9,12,16-17H,5-8,10-11H2,1-2H3. The lowest BCUT2D eigenvalue weighted by atomic mass is 10.0. The Balaban J connectivity index is 1.64. The minimum absolute atomic E-state index is 0.358. The summed E-state index contributed by atoms with van der Waals surface area (Å²) in [6.07, 6.45) is 2.64. The van der Waals surface area contributed by atoms with Crippen molar-refractivity contribution in [3.8, 4) is 5.75 Å². The molecule has 1 fully saturated rings. The fraction of sp³-hybridized carbons (Fsp3) is 0.625.